The molecule has 3 nitrogen and oxygen atoms in total. The molecule has 0 rings (SSSR count). The van der Waals surface area contributed by atoms with E-state index in [0.717, 1.165) is 0 Å². The zero-order chi connectivity index (χ0) is 10.9. The predicted molar refractivity (Wildman–Crippen MR) is 32.6 cm³/mol. The number of hydrogen-bond donors (Lipinski definition) is 1. The third-order valence-corrected chi connectivity index (χ3v) is 1.17. The second kappa shape index (κ2) is 3.35. The van der Waals surface area contributed by atoms with E-state index in [1.165, 1.54) is 0 Å². The summed E-state index contributed by atoms with van der Waals surface area (Å²) in [6, 6.07) is -7.15. The molecule has 0 aromatic heterocycles. The summed E-state index contributed by atoms with van der Waals surface area (Å²) in [5.74, 6) is 0. The fraction of sp³-hybridized carbons (Fsp3) is 0.600. The molecule has 0 aliphatic carbocycles. The topological polar surface area (TPSA) is 46.3 Å². The van der Waals surface area contributed by atoms with Gasteiger partial charge in [0.15, 0.2) is 0 Å². The molecule has 0 saturated carbocycles. The highest BCUT2D eigenvalue weighted by molar-refractivity contribution is 5.72. The first kappa shape index (κ1) is 11.9. The molecule has 2 amide bonds. The molecule has 0 unspecified atom stereocenters. The van der Waals surface area contributed by atoms with Crippen LogP contribution in [0.25, 0.3) is 0 Å². The third kappa shape index (κ3) is 2.19. The Labute approximate surface area is 70.3 Å². The van der Waals surface area contributed by atoms with Crippen LogP contribution in [0.3, 0.4) is 0 Å². The average molecular weight is 205 g/mol. The largest absolute Gasteiger partial charge is 0.475 e. The lowest BCUT2D eigenvalue weighted by atomic mass is 10.4. The van der Waals surface area contributed by atoms with Crippen LogP contribution in [0.2, 0.25) is 0 Å². The van der Waals surface area contributed by atoms with E-state index in [4.69, 9.17) is 0 Å². The zero-order valence-electron chi connectivity index (χ0n) is 6.24. The normalized spacial score (nSPS) is 12.8. The molecule has 0 spiro atoms. The first-order chi connectivity index (χ1) is 5.64. The van der Waals surface area contributed by atoms with Crippen LogP contribution in [0, 0.1) is 6.92 Å². The molecule has 0 aromatic carbocycles. The second-order valence-electron chi connectivity index (χ2n) is 2.03. The molecule has 1 radical (unpaired) electrons. The maximum atomic E-state index is 12.3. The highest BCUT2D eigenvalue weighted by Crippen LogP contribution is 2.37. The van der Waals surface area contributed by atoms with E-state index >= 15 is 0 Å². The Morgan fingerprint density at radius 1 is 1.31 bits per heavy atom. The van der Waals surface area contributed by atoms with Crippen LogP contribution < -0.4 is 5.73 Å². The lowest BCUT2D eigenvalue weighted by Gasteiger charge is -2.29. The monoisotopic (exact) mass is 205 g/mol. The standard InChI is InChI=1S/C5H6F5N2O/c1-2-12(3(11)13)5(9,10)4(6,7)8/h1-2H2,(H2,11,13). The van der Waals surface area contributed by atoms with Crippen molar-refractivity contribution in [3.05, 3.63) is 6.92 Å². The van der Waals surface area contributed by atoms with E-state index in [1.807, 2.05) is 0 Å². The van der Waals surface area contributed by atoms with Gasteiger partial charge in [0.05, 0.1) is 0 Å². The smallest absolute Gasteiger partial charge is 0.351 e. The number of primary amides is 1. The Morgan fingerprint density at radius 2 is 1.69 bits per heavy atom. The van der Waals surface area contributed by atoms with Crippen LogP contribution >= 0.6 is 0 Å². The number of halogens is 5. The minimum Gasteiger partial charge on any atom is -0.351 e. The number of carbonyl (C=O) groups is 1. The van der Waals surface area contributed by atoms with Crippen molar-refractivity contribution in [3.8, 4) is 0 Å². The minimum absolute atomic E-state index is 0.868. The lowest BCUT2D eigenvalue weighted by Crippen LogP contribution is -2.56. The summed E-state index contributed by atoms with van der Waals surface area (Å²) in [7, 11) is 0. The van der Waals surface area contributed by atoms with Crippen molar-refractivity contribution in [2.24, 2.45) is 5.73 Å². The summed E-state index contributed by atoms with van der Waals surface area (Å²) in [6.45, 7) is 1.66. The number of carbonyl (C=O) groups excluding carboxylic acids is 1. The van der Waals surface area contributed by atoms with Crippen LogP contribution in [0.15, 0.2) is 0 Å². The second-order valence-corrected chi connectivity index (χ2v) is 2.03. The van der Waals surface area contributed by atoms with Crippen LogP contribution in [0.5, 0.6) is 0 Å². The number of alkyl halides is 5. The summed E-state index contributed by atoms with van der Waals surface area (Å²) < 4.78 is 59.4. The van der Waals surface area contributed by atoms with E-state index in [1.54, 1.807) is 0 Å². The number of amides is 2. The summed E-state index contributed by atoms with van der Waals surface area (Å²) in [5.41, 5.74) is 4.30. The summed E-state index contributed by atoms with van der Waals surface area (Å²) >= 11 is 0. The van der Waals surface area contributed by atoms with Crippen LogP contribution in [0.1, 0.15) is 0 Å². The van der Waals surface area contributed by atoms with Crippen LogP contribution in [0.4, 0.5) is 26.7 Å². The third-order valence-electron chi connectivity index (χ3n) is 1.17. The van der Waals surface area contributed by atoms with Crippen LogP contribution in [-0.2, 0) is 0 Å². The van der Waals surface area contributed by atoms with Gasteiger partial charge >= 0.3 is 18.3 Å². The van der Waals surface area contributed by atoms with E-state index in [-0.39, 0.29) is 0 Å². The predicted octanol–water partition coefficient (Wildman–Crippen LogP) is 1.36. The van der Waals surface area contributed by atoms with Crippen LogP contribution in [-0.4, -0.2) is 29.7 Å². The first-order valence-electron chi connectivity index (χ1n) is 2.95. The van der Waals surface area contributed by atoms with E-state index in [9.17, 15) is 26.7 Å². The molecule has 77 valence electrons. The number of hydrogen-bond acceptors (Lipinski definition) is 1. The molecule has 0 atom stereocenters. The van der Waals surface area contributed by atoms with Crippen molar-refractivity contribution in [2.45, 2.75) is 12.2 Å². The van der Waals surface area contributed by atoms with E-state index in [0.29, 0.717) is 0 Å². The molecular formula is C5H6F5N2O. The Morgan fingerprint density at radius 3 is 1.77 bits per heavy atom. The van der Waals surface area contributed by atoms with Crippen molar-refractivity contribution in [3.63, 3.8) is 0 Å². The van der Waals surface area contributed by atoms with E-state index < -0.39 is 29.7 Å². The van der Waals surface area contributed by atoms with E-state index in [2.05, 4.69) is 12.7 Å². The van der Waals surface area contributed by atoms with Gasteiger partial charge in [0, 0.05) is 6.54 Å². The molecule has 0 heterocycles. The molecule has 0 bridgehead atoms. The van der Waals surface area contributed by atoms with Gasteiger partial charge in [-0.05, 0) is 6.92 Å². The van der Waals surface area contributed by atoms with Crippen molar-refractivity contribution in [2.75, 3.05) is 6.54 Å². The molecular weight excluding hydrogens is 199 g/mol. The maximum Gasteiger partial charge on any atom is 0.475 e. The maximum absolute atomic E-state index is 12.3. The fourth-order valence-corrected chi connectivity index (χ4v) is 0.542. The number of urea groups is 1. The fourth-order valence-electron chi connectivity index (χ4n) is 0.542. The van der Waals surface area contributed by atoms with Gasteiger partial charge < -0.3 is 5.73 Å². The summed E-state index contributed by atoms with van der Waals surface area (Å²) in [5, 5.41) is 0. The Bertz CT molecular complexity index is 202. The van der Waals surface area contributed by atoms with Crippen molar-refractivity contribution in [1.82, 2.24) is 4.90 Å². The molecule has 2 N–H and O–H groups in total. The minimum atomic E-state index is -5.85. The van der Waals surface area contributed by atoms with Gasteiger partial charge in [-0.2, -0.15) is 22.0 Å². The molecule has 13 heavy (non-hydrogen) atoms. The van der Waals surface area contributed by atoms with Crippen molar-refractivity contribution < 1.29 is 26.7 Å². The van der Waals surface area contributed by atoms with Gasteiger partial charge in [-0.1, -0.05) is 0 Å². The lowest BCUT2D eigenvalue weighted by molar-refractivity contribution is -0.327. The van der Waals surface area contributed by atoms with Crippen molar-refractivity contribution in [1.29, 1.82) is 0 Å². The highest BCUT2D eigenvalue weighted by Gasteiger charge is 2.62. The molecule has 8 heteroatoms. The van der Waals surface area contributed by atoms with Gasteiger partial charge in [0.25, 0.3) is 0 Å². The summed E-state index contributed by atoms with van der Waals surface area (Å²) in [6.07, 6.45) is -5.85. The molecule has 0 saturated heterocycles. The van der Waals surface area contributed by atoms with Gasteiger partial charge in [0.2, 0.25) is 0 Å². The molecule has 0 aliphatic rings. The highest BCUT2D eigenvalue weighted by atomic mass is 19.4. The Balaban J connectivity index is 4.89. The first-order valence-corrected chi connectivity index (χ1v) is 2.95. The van der Waals surface area contributed by atoms with Gasteiger partial charge in [-0.15, -0.1) is 0 Å². The number of rotatable bonds is 2. The van der Waals surface area contributed by atoms with Gasteiger partial charge in [-0.3, -0.25) is 4.90 Å². The Kier molecular flexibility index (Phi) is 3.07. The van der Waals surface area contributed by atoms with Gasteiger partial charge in [0.1, 0.15) is 0 Å². The molecule has 0 aliphatic heterocycles. The molecule has 0 aromatic rings. The van der Waals surface area contributed by atoms with Gasteiger partial charge in [-0.25, -0.2) is 4.79 Å². The molecule has 0 fully saturated rings. The van der Waals surface area contributed by atoms with Crippen molar-refractivity contribution >= 4 is 6.03 Å². The number of nitrogens with two attached hydrogens (primary N) is 1. The average Bonchev–Trinajstić information content (AvgIpc) is 1.83. The SMILES string of the molecule is [CH2]CN(C(N)=O)C(F)(F)C(F)(F)F. The quantitative estimate of drug-likeness (QED) is 0.536. The zero-order valence-corrected chi connectivity index (χ0v) is 6.24. The number of nitrogens with zero attached hydrogens (tertiary/aromatic N) is 1. The Hall–Kier alpha value is -1.08. The summed E-state index contributed by atoms with van der Waals surface area (Å²) in [4.78, 5) is 9.28.